The van der Waals surface area contributed by atoms with Gasteiger partial charge in [-0.3, -0.25) is 0 Å². The van der Waals surface area contributed by atoms with Crippen molar-refractivity contribution in [3.8, 4) is 0 Å². The number of hydrogen-bond acceptors (Lipinski definition) is 5. The first-order valence-corrected chi connectivity index (χ1v) is 11.1. The number of guanidine groups is 1. The first-order valence-electron chi connectivity index (χ1n) is 8.72. The Morgan fingerprint density at radius 1 is 1.07 bits per heavy atom. The zero-order valence-electron chi connectivity index (χ0n) is 16.7. The number of unbranched alkanes of at least 4 members (excludes halogenated alkanes) is 4. The van der Waals surface area contributed by atoms with Gasteiger partial charge in [-0.2, -0.15) is 0 Å². The minimum absolute atomic E-state index is 0. The molecule has 1 aliphatic rings. The molecule has 0 unspecified atom stereocenters. The van der Waals surface area contributed by atoms with Crippen molar-refractivity contribution >= 4 is 45.0 Å². The molecule has 7 nitrogen and oxygen atoms in total. The van der Waals surface area contributed by atoms with Crippen molar-refractivity contribution in [1.29, 1.82) is 0 Å². The average molecular weight is 464 g/mol. The first-order chi connectivity index (χ1) is 12.8. The predicted octanol–water partition coefficient (Wildman–Crippen LogP) is 0.288. The van der Waals surface area contributed by atoms with Crippen LogP contribution in [-0.2, 0) is 10.1 Å². The molecular weight excluding hydrogens is 436 g/mol. The zero-order chi connectivity index (χ0) is 20.7. The summed E-state index contributed by atoms with van der Waals surface area (Å²) in [4.78, 5) is 4.29. The van der Waals surface area contributed by atoms with E-state index < -0.39 is 10.1 Å². The summed E-state index contributed by atoms with van der Waals surface area (Å²) < 4.78 is 30.3. The van der Waals surface area contributed by atoms with Gasteiger partial charge in [0.25, 0.3) is 0 Å². The molecule has 0 aromatic heterocycles. The Kier molecular flexibility index (Phi) is 19.1. The topological polar surface area (TPSA) is 114 Å². The van der Waals surface area contributed by atoms with Crippen molar-refractivity contribution in [2.75, 3.05) is 26.0 Å². The Labute approximate surface area is 200 Å². The number of para-hydroxylation sites is 1. The molecule has 0 amide bonds. The molecular formula is C17H28Cl2N3NaO4S. The van der Waals surface area contributed by atoms with Gasteiger partial charge in [0, 0.05) is 26.0 Å². The molecule has 1 aromatic rings. The number of nitrogens with one attached hydrogen (secondary N) is 2. The summed E-state index contributed by atoms with van der Waals surface area (Å²) in [6.07, 6.45) is 4.66. The van der Waals surface area contributed by atoms with Gasteiger partial charge in [0.2, 0.25) is 0 Å². The molecule has 0 bridgehead atoms. The fourth-order valence-electron chi connectivity index (χ4n) is 2.09. The molecule has 11 heteroatoms. The van der Waals surface area contributed by atoms with Crippen LogP contribution in [0, 0.1) is 0 Å². The van der Waals surface area contributed by atoms with Gasteiger partial charge < -0.3 is 20.3 Å². The number of aliphatic hydroxyl groups excluding tert-OH is 1. The fourth-order valence-corrected chi connectivity index (χ4v) is 3.13. The van der Waals surface area contributed by atoms with E-state index in [1.807, 2.05) is 0 Å². The van der Waals surface area contributed by atoms with E-state index in [2.05, 4.69) is 22.5 Å². The summed E-state index contributed by atoms with van der Waals surface area (Å²) in [7, 11) is -2.96. The number of rotatable bonds is 7. The number of nitrogens with zero attached hydrogens (tertiary/aromatic N) is 1. The van der Waals surface area contributed by atoms with E-state index in [1.54, 1.807) is 18.2 Å². The van der Waals surface area contributed by atoms with Crippen LogP contribution in [0.2, 0.25) is 10.0 Å². The largest absolute Gasteiger partial charge is 1.00 e. The molecule has 1 saturated heterocycles. The number of aliphatic hydroxyl groups is 1. The Hall–Kier alpha value is -0.0600. The maximum Gasteiger partial charge on any atom is 1.00 e. The van der Waals surface area contributed by atoms with E-state index in [4.69, 9.17) is 28.3 Å². The van der Waals surface area contributed by atoms with E-state index in [-0.39, 0.29) is 35.3 Å². The minimum atomic E-state index is -3.96. The second kappa shape index (κ2) is 17.8. The molecule has 0 saturated carbocycles. The van der Waals surface area contributed by atoms with Gasteiger partial charge in [0.05, 0.1) is 20.2 Å². The average Bonchev–Trinajstić information content (AvgIpc) is 3.13. The summed E-state index contributed by atoms with van der Waals surface area (Å²) in [5.74, 6) is 0.525. The molecule has 3 N–H and O–H groups in total. The molecule has 0 atom stereocenters. The molecule has 1 fully saturated rings. The molecule has 0 aliphatic carbocycles. The summed E-state index contributed by atoms with van der Waals surface area (Å²) in [6.45, 7) is 3.84. The fraction of sp³-hybridized carbons (Fsp3) is 0.588. The number of aliphatic imine (C=N–C) groups is 1. The predicted molar refractivity (Wildman–Crippen MR) is 111 cm³/mol. The number of halogens is 2. The van der Waals surface area contributed by atoms with Gasteiger partial charge in [-0.05, 0) is 18.6 Å². The maximum atomic E-state index is 10.1. The van der Waals surface area contributed by atoms with Crippen LogP contribution in [-0.4, -0.2) is 50.0 Å². The second-order valence-electron chi connectivity index (χ2n) is 5.56. The van der Waals surface area contributed by atoms with E-state index in [0.29, 0.717) is 22.2 Å². The Balaban J connectivity index is 0. The van der Waals surface area contributed by atoms with E-state index >= 15 is 0 Å². The van der Waals surface area contributed by atoms with Crippen LogP contribution in [0.3, 0.4) is 0 Å². The van der Waals surface area contributed by atoms with Crippen LogP contribution >= 0.6 is 23.2 Å². The Morgan fingerprint density at radius 2 is 1.57 bits per heavy atom. The van der Waals surface area contributed by atoms with Crippen molar-refractivity contribution in [1.82, 2.24) is 10.6 Å². The van der Waals surface area contributed by atoms with Gasteiger partial charge in [0.15, 0.2) is 5.96 Å². The van der Waals surface area contributed by atoms with Crippen LogP contribution in [0.25, 0.3) is 0 Å². The van der Waals surface area contributed by atoms with E-state index in [9.17, 15) is 13.0 Å². The molecule has 0 spiro atoms. The molecule has 1 aromatic carbocycles. The summed E-state index contributed by atoms with van der Waals surface area (Å²) in [6, 6.07) is 5.33. The Morgan fingerprint density at radius 3 is 2.04 bits per heavy atom. The number of benzene rings is 1. The van der Waals surface area contributed by atoms with Gasteiger partial charge in [-0.25, -0.2) is 13.4 Å². The van der Waals surface area contributed by atoms with Crippen LogP contribution in [0.15, 0.2) is 23.2 Å². The normalized spacial score (nSPS) is 12.3. The molecule has 1 heterocycles. The smallest absolute Gasteiger partial charge is 0.748 e. The molecule has 156 valence electrons. The zero-order valence-corrected chi connectivity index (χ0v) is 21.0. The maximum absolute atomic E-state index is 10.1. The summed E-state index contributed by atoms with van der Waals surface area (Å²) in [5, 5.41) is 14.3. The van der Waals surface area contributed by atoms with Crippen molar-refractivity contribution in [3.63, 3.8) is 0 Å². The molecule has 0 radical (unpaired) electrons. The van der Waals surface area contributed by atoms with E-state index in [1.165, 1.54) is 0 Å². The van der Waals surface area contributed by atoms with Gasteiger partial charge in [-0.15, -0.1) is 0 Å². The monoisotopic (exact) mass is 463 g/mol. The Bertz CT molecular complexity index is 648. The molecule has 28 heavy (non-hydrogen) atoms. The first kappa shape index (κ1) is 30.1. The molecule has 2 rings (SSSR count). The SMILES string of the molecule is CCCCCCCS(=O)(=O)[O-].CO.Clc1cccc(Cl)c1N=C1NCCN1.[Na+]. The van der Waals surface area contributed by atoms with Gasteiger partial charge >= 0.3 is 29.6 Å². The van der Waals surface area contributed by atoms with E-state index in [0.717, 1.165) is 51.8 Å². The third kappa shape index (κ3) is 14.9. The van der Waals surface area contributed by atoms with Crippen LogP contribution in [0.4, 0.5) is 5.69 Å². The second-order valence-corrected chi connectivity index (χ2v) is 7.90. The molecule has 1 aliphatic heterocycles. The number of hydrogen-bond donors (Lipinski definition) is 3. The third-order valence-electron chi connectivity index (χ3n) is 3.37. The van der Waals surface area contributed by atoms with Crippen LogP contribution in [0.1, 0.15) is 39.0 Å². The van der Waals surface area contributed by atoms with Crippen LogP contribution in [0.5, 0.6) is 0 Å². The van der Waals surface area contributed by atoms with Crippen molar-refractivity contribution in [3.05, 3.63) is 28.2 Å². The van der Waals surface area contributed by atoms with Crippen molar-refractivity contribution < 1.29 is 47.6 Å². The quantitative estimate of drug-likeness (QED) is 0.304. The van der Waals surface area contributed by atoms with Crippen molar-refractivity contribution in [2.24, 2.45) is 4.99 Å². The van der Waals surface area contributed by atoms with Gasteiger partial charge in [0.1, 0.15) is 5.69 Å². The summed E-state index contributed by atoms with van der Waals surface area (Å²) >= 11 is 11.9. The van der Waals surface area contributed by atoms with Crippen LogP contribution < -0.4 is 40.2 Å². The third-order valence-corrected chi connectivity index (χ3v) is 4.77. The summed E-state index contributed by atoms with van der Waals surface area (Å²) in [5.41, 5.74) is 0.604. The van der Waals surface area contributed by atoms with Crippen molar-refractivity contribution in [2.45, 2.75) is 39.0 Å². The minimum Gasteiger partial charge on any atom is -0.748 e. The standard InChI is InChI=1S/C9H9Cl2N3.C7H16O3S.CH4O.Na/c10-6-2-1-3-7(11)8(6)14-9-12-4-5-13-9;1-2-3-4-5-6-7-11(8,9)10;1-2;/h1-3H,4-5H2,(H2,12,13,14);2-7H2,1H3,(H,8,9,10);2H,1H3;/q;;;+1/p-1. The van der Waals surface area contributed by atoms with Gasteiger partial charge in [-0.1, -0.05) is 61.9 Å².